The highest BCUT2D eigenvalue weighted by atomic mass is 32.1. The van der Waals surface area contributed by atoms with Crippen LogP contribution < -0.4 is 5.32 Å². The average Bonchev–Trinajstić information content (AvgIpc) is 2.74. The lowest BCUT2D eigenvalue weighted by molar-refractivity contribution is -0.136. The number of rotatable bonds is 5. The van der Waals surface area contributed by atoms with Gasteiger partial charge in [-0.3, -0.25) is 9.78 Å². The molecular weight excluding hydrogens is 250 g/mol. The molecule has 0 aliphatic heterocycles. The van der Waals surface area contributed by atoms with Gasteiger partial charge in [-0.1, -0.05) is 0 Å². The largest absolute Gasteiger partial charge is 0.481 e. The van der Waals surface area contributed by atoms with E-state index in [9.17, 15) is 4.79 Å². The van der Waals surface area contributed by atoms with Crippen molar-refractivity contribution in [2.24, 2.45) is 0 Å². The Balaban J connectivity index is 2.00. The first-order chi connectivity index (χ1) is 8.63. The van der Waals surface area contributed by atoms with Crippen molar-refractivity contribution in [1.29, 1.82) is 0 Å². The zero-order chi connectivity index (χ0) is 13.0. The molecule has 0 aliphatic rings. The second kappa shape index (κ2) is 5.59. The van der Waals surface area contributed by atoms with Gasteiger partial charge in [0, 0.05) is 18.0 Å². The maximum atomic E-state index is 10.5. The molecule has 0 unspecified atom stereocenters. The lowest BCUT2D eigenvalue weighted by Gasteiger charge is -2.02. The van der Waals surface area contributed by atoms with Gasteiger partial charge in [-0.05, 0) is 18.6 Å². The van der Waals surface area contributed by atoms with E-state index in [2.05, 4.69) is 15.3 Å². The Labute approximate surface area is 109 Å². The molecule has 5 nitrogen and oxygen atoms in total. The SMILES string of the molecule is Cc1cncc(Nc2nc(CCC(=O)O)cs2)c1. The molecule has 0 saturated heterocycles. The highest BCUT2D eigenvalue weighted by Gasteiger charge is 2.05. The maximum Gasteiger partial charge on any atom is 0.303 e. The van der Waals surface area contributed by atoms with E-state index in [0.29, 0.717) is 6.42 Å². The van der Waals surface area contributed by atoms with E-state index in [-0.39, 0.29) is 6.42 Å². The molecule has 0 fully saturated rings. The molecule has 0 radical (unpaired) electrons. The topological polar surface area (TPSA) is 75.1 Å². The van der Waals surface area contributed by atoms with E-state index in [1.54, 1.807) is 12.4 Å². The molecule has 2 N–H and O–H groups in total. The molecule has 0 aliphatic carbocycles. The molecule has 0 bridgehead atoms. The summed E-state index contributed by atoms with van der Waals surface area (Å²) in [5, 5.41) is 14.4. The van der Waals surface area contributed by atoms with E-state index < -0.39 is 5.97 Å². The van der Waals surface area contributed by atoms with E-state index in [1.165, 1.54) is 11.3 Å². The van der Waals surface area contributed by atoms with Crippen molar-refractivity contribution >= 4 is 28.1 Å². The number of anilines is 2. The van der Waals surface area contributed by atoms with Crippen LogP contribution in [0.3, 0.4) is 0 Å². The van der Waals surface area contributed by atoms with Gasteiger partial charge >= 0.3 is 5.97 Å². The van der Waals surface area contributed by atoms with E-state index in [4.69, 9.17) is 5.11 Å². The minimum Gasteiger partial charge on any atom is -0.481 e. The predicted octanol–water partition coefficient (Wildman–Crippen LogP) is 2.61. The molecule has 18 heavy (non-hydrogen) atoms. The zero-order valence-electron chi connectivity index (χ0n) is 9.88. The van der Waals surface area contributed by atoms with Gasteiger partial charge < -0.3 is 10.4 Å². The Morgan fingerprint density at radius 3 is 3.06 bits per heavy atom. The fourth-order valence-corrected chi connectivity index (χ4v) is 2.23. The van der Waals surface area contributed by atoms with Crippen LogP contribution >= 0.6 is 11.3 Å². The van der Waals surface area contributed by atoms with Crippen LogP contribution in [-0.2, 0) is 11.2 Å². The standard InChI is InChI=1S/C12H13N3O2S/c1-8-4-10(6-13-5-8)15-12-14-9(7-18-12)2-3-11(16)17/h4-7H,2-3H2,1H3,(H,14,15)(H,16,17). The molecule has 2 heterocycles. The van der Waals surface area contributed by atoms with Gasteiger partial charge in [0.15, 0.2) is 5.13 Å². The van der Waals surface area contributed by atoms with Gasteiger partial charge in [0.25, 0.3) is 0 Å². The molecule has 0 spiro atoms. The van der Waals surface area contributed by atoms with Crippen molar-refractivity contribution in [2.45, 2.75) is 19.8 Å². The summed E-state index contributed by atoms with van der Waals surface area (Å²) < 4.78 is 0. The first-order valence-electron chi connectivity index (χ1n) is 5.48. The summed E-state index contributed by atoms with van der Waals surface area (Å²) in [6, 6.07) is 1.98. The van der Waals surface area contributed by atoms with Crippen LogP contribution in [0.15, 0.2) is 23.8 Å². The number of carboxylic acid groups (broad SMARTS) is 1. The number of thiazole rings is 1. The van der Waals surface area contributed by atoms with Crippen LogP contribution in [0, 0.1) is 6.92 Å². The molecule has 2 aromatic heterocycles. The molecular formula is C12H13N3O2S. The first-order valence-corrected chi connectivity index (χ1v) is 6.36. The molecule has 2 rings (SSSR count). The summed E-state index contributed by atoms with van der Waals surface area (Å²) in [5.74, 6) is -0.805. The summed E-state index contributed by atoms with van der Waals surface area (Å²) in [7, 11) is 0. The number of hydrogen-bond donors (Lipinski definition) is 2. The smallest absolute Gasteiger partial charge is 0.303 e. The summed E-state index contributed by atoms with van der Waals surface area (Å²) >= 11 is 1.46. The van der Waals surface area contributed by atoms with E-state index >= 15 is 0 Å². The summed E-state index contributed by atoms with van der Waals surface area (Å²) in [4.78, 5) is 18.9. The number of aromatic nitrogens is 2. The number of nitrogens with one attached hydrogen (secondary N) is 1. The number of aryl methyl sites for hydroxylation is 2. The number of pyridine rings is 1. The Morgan fingerprint density at radius 2 is 2.33 bits per heavy atom. The van der Waals surface area contributed by atoms with Crippen molar-refractivity contribution in [3.05, 3.63) is 35.1 Å². The fraction of sp³-hybridized carbons (Fsp3) is 0.250. The molecule has 94 valence electrons. The Hall–Kier alpha value is -1.95. The van der Waals surface area contributed by atoms with Crippen LogP contribution in [0.1, 0.15) is 17.7 Å². The fourth-order valence-electron chi connectivity index (χ4n) is 1.46. The molecule has 0 aromatic carbocycles. The molecule has 0 saturated carbocycles. The lowest BCUT2D eigenvalue weighted by atomic mass is 10.2. The second-order valence-electron chi connectivity index (χ2n) is 3.91. The number of nitrogens with zero attached hydrogens (tertiary/aromatic N) is 2. The third-order valence-electron chi connectivity index (χ3n) is 2.27. The van der Waals surface area contributed by atoms with Crippen molar-refractivity contribution < 1.29 is 9.90 Å². The number of aliphatic carboxylic acids is 1. The third-order valence-corrected chi connectivity index (χ3v) is 3.08. The van der Waals surface area contributed by atoms with Crippen LogP contribution in [0.2, 0.25) is 0 Å². The zero-order valence-corrected chi connectivity index (χ0v) is 10.7. The summed E-state index contributed by atoms with van der Waals surface area (Å²) in [6.07, 6.45) is 4.07. The van der Waals surface area contributed by atoms with Crippen LogP contribution in [0.5, 0.6) is 0 Å². The van der Waals surface area contributed by atoms with E-state index in [0.717, 1.165) is 22.1 Å². The van der Waals surface area contributed by atoms with Gasteiger partial charge in [0.2, 0.25) is 0 Å². The molecule has 2 aromatic rings. The quantitative estimate of drug-likeness (QED) is 0.867. The van der Waals surface area contributed by atoms with Gasteiger partial charge in [-0.2, -0.15) is 0 Å². The predicted molar refractivity (Wildman–Crippen MR) is 70.3 cm³/mol. The average molecular weight is 263 g/mol. The van der Waals surface area contributed by atoms with Crippen molar-refractivity contribution in [3.8, 4) is 0 Å². The minimum atomic E-state index is -0.805. The first kappa shape index (κ1) is 12.5. The van der Waals surface area contributed by atoms with Crippen LogP contribution in [-0.4, -0.2) is 21.0 Å². The van der Waals surface area contributed by atoms with Gasteiger partial charge in [0.05, 0.1) is 24.0 Å². The Morgan fingerprint density at radius 1 is 1.50 bits per heavy atom. The summed E-state index contributed by atoms with van der Waals surface area (Å²) in [6.45, 7) is 1.97. The van der Waals surface area contributed by atoms with Crippen molar-refractivity contribution in [3.63, 3.8) is 0 Å². The summed E-state index contributed by atoms with van der Waals surface area (Å²) in [5.41, 5.74) is 2.75. The minimum absolute atomic E-state index is 0.106. The normalized spacial score (nSPS) is 10.3. The molecule has 0 amide bonds. The van der Waals surface area contributed by atoms with E-state index in [1.807, 2.05) is 18.4 Å². The maximum absolute atomic E-state index is 10.5. The van der Waals surface area contributed by atoms with Crippen molar-refractivity contribution in [1.82, 2.24) is 9.97 Å². The van der Waals surface area contributed by atoms with Gasteiger partial charge in [0.1, 0.15) is 0 Å². The molecule has 0 atom stereocenters. The monoisotopic (exact) mass is 263 g/mol. The van der Waals surface area contributed by atoms with Crippen LogP contribution in [0.25, 0.3) is 0 Å². The van der Waals surface area contributed by atoms with Crippen molar-refractivity contribution in [2.75, 3.05) is 5.32 Å². The Kier molecular flexibility index (Phi) is 3.88. The number of carboxylic acids is 1. The third kappa shape index (κ3) is 3.53. The highest BCUT2D eigenvalue weighted by Crippen LogP contribution is 2.21. The molecule has 6 heteroatoms. The Bertz CT molecular complexity index is 554. The lowest BCUT2D eigenvalue weighted by Crippen LogP contribution is -1.98. The second-order valence-corrected chi connectivity index (χ2v) is 4.77. The van der Waals surface area contributed by atoms with Gasteiger partial charge in [-0.25, -0.2) is 4.98 Å². The van der Waals surface area contributed by atoms with Crippen LogP contribution in [0.4, 0.5) is 10.8 Å². The number of hydrogen-bond acceptors (Lipinski definition) is 5. The highest BCUT2D eigenvalue weighted by molar-refractivity contribution is 7.13. The van der Waals surface area contributed by atoms with Gasteiger partial charge in [-0.15, -0.1) is 11.3 Å². The number of carbonyl (C=O) groups is 1.